The molecule has 1 aliphatic heterocycles. The standard InChI is InChI=1S/C29H33N5O13S2/c1-16-10-12-20(13-11-16)48-29(28(38)43-5)14-22(44-17(2)35)25(32-49(41,42)24-9-7-6-8-21(24)34(39)40)27(47-29)26(46-19(4)37)23(15-31-33-30)45-18(3)36/h6-13,22-23,25-27,32H,14-15H2,1-5H3/t22-,23+,25?,26+,27+,29-/m0/s1. The lowest BCUT2D eigenvalue weighted by molar-refractivity contribution is -0.387. The number of sulfonamides is 1. The van der Waals surface area contributed by atoms with Crippen LogP contribution in [0, 0.1) is 17.0 Å². The Morgan fingerprint density at radius 2 is 1.73 bits per heavy atom. The van der Waals surface area contributed by atoms with Crippen molar-refractivity contribution in [3.8, 4) is 0 Å². The Bertz CT molecular complexity index is 1730. The van der Waals surface area contributed by atoms with Crippen LogP contribution in [-0.4, -0.2) is 86.3 Å². The molecule has 1 saturated heterocycles. The first-order chi connectivity index (χ1) is 23.0. The molecule has 2 aromatic rings. The zero-order valence-corrected chi connectivity index (χ0v) is 28.5. The number of nitro groups is 1. The lowest BCUT2D eigenvalue weighted by Gasteiger charge is -2.48. The number of benzene rings is 2. The lowest BCUT2D eigenvalue weighted by atomic mass is 9.90. The fourth-order valence-corrected chi connectivity index (χ4v) is 7.71. The fraction of sp³-hybridized carbons (Fsp3) is 0.448. The van der Waals surface area contributed by atoms with Gasteiger partial charge in [-0.15, -0.1) is 0 Å². The van der Waals surface area contributed by atoms with Crippen molar-refractivity contribution in [3.63, 3.8) is 0 Å². The molecule has 3 rings (SSSR count). The summed E-state index contributed by atoms with van der Waals surface area (Å²) in [6, 6.07) is 9.37. The van der Waals surface area contributed by atoms with Crippen molar-refractivity contribution in [1.29, 1.82) is 0 Å². The molecule has 1 heterocycles. The van der Waals surface area contributed by atoms with Crippen molar-refractivity contribution in [2.45, 2.75) is 79.3 Å². The molecule has 0 saturated carbocycles. The number of ether oxygens (including phenoxy) is 5. The summed E-state index contributed by atoms with van der Waals surface area (Å²) < 4.78 is 57.9. The molecule has 0 bridgehead atoms. The first-order valence-electron chi connectivity index (χ1n) is 14.3. The second-order valence-corrected chi connectivity index (χ2v) is 13.6. The van der Waals surface area contributed by atoms with Crippen molar-refractivity contribution in [2.24, 2.45) is 5.11 Å². The van der Waals surface area contributed by atoms with Crippen LogP contribution in [0.3, 0.4) is 0 Å². The average Bonchev–Trinajstić information content (AvgIpc) is 3.03. The summed E-state index contributed by atoms with van der Waals surface area (Å²) in [5, 5.41) is 15.2. The van der Waals surface area contributed by atoms with Gasteiger partial charge in [-0.05, 0) is 30.7 Å². The predicted molar refractivity (Wildman–Crippen MR) is 169 cm³/mol. The van der Waals surface area contributed by atoms with E-state index in [0.717, 1.165) is 57.3 Å². The van der Waals surface area contributed by atoms with Crippen molar-refractivity contribution < 1.29 is 56.2 Å². The number of nitrogens with zero attached hydrogens (tertiary/aromatic N) is 4. The van der Waals surface area contributed by atoms with Crippen molar-refractivity contribution in [2.75, 3.05) is 13.7 Å². The molecule has 1 fully saturated rings. The molecule has 1 aliphatic rings. The van der Waals surface area contributed by atoms with Crippen LogP contribution in [0.1, 0.15) is 32.8 Å². The van der Waals surface area contributed by atoms with Gasteiger partial charge < -0.3 is 23.7 Å². The van der Waals surface area contributed by atoms with E-state index in [1.54, 1.807) is 24.3 Å². The predicted octanol–water partition coefficient (Wildman–Crippen LogP) is 3.11. The molecule has 49 heavy (non-hydrogen) atoms. The summed E-state index contributed by atoms with van der Waals surface area (Å²) in [5.41, 5.74) is 9.12. The Morgan fingerprint density at radius 1 is 1.10 bits per heavy atom. The second-order valence-electron chi connectivity index (χ2n) is 10.6. The largest absolute Gasteiger partial charge is 0.466 e. The smallest absolute Gasteiger partial charge is 0.349 e. The van der Waals surface area contributed by atoms with E-state index >= 15 is 0 Å². The minimum atomic E-state index is -4.91. The molecule has 0 aromatic heterocycles. The number of para-hydroxylation sites is 1. The van der Waals surface area contributed by atoms with E-state index in [0.29, 0.717) is 4.90 Å². The van der Waals surface area contributed by atoms with E-state index in [-0.39, 0.29) is 0 Å². The summed E-state index contributed by atoms with van der Waals surface area (Å²) >= 11 is 0.806. The molecule has 0 spiro atoms. The highest BCUT2D eigenvalue weighted by Crippen LogP contribution is 2.46. The Balaban J connectivity index is 2.35. The Kier molecular flexibility index (Phi) is 13.1. The van der Waals surface area contributed by atoms with Gasteiger partial charge in [0.15, 0.2) is 11.0 Å². The van der Waals surface area contributed by atoms with Crippen LogP contribution >= 0.6 is 11.8 Å². The summed E-state index contributed by atoms with van der Waals surface area (Å²) in [6.45, 7) is 4.13. The topological polar surface area (TPSA) is 252 Å². The zero-order valence-electron chi connectivity index (χ0n) is 26.8. The number of carbonyl (C=O) groups is 4. The maximum absolute atomic E-state index is 13.9. The molecule has 1 unspecified atom stereocenters. The number of hydrogen-bond acceptors (Lipinski definition) is 15. The molecule has 264 valence electrons. The number of nitro benzene ring substituents is 1. The lowest BCUT2D eigenvalue weighted by Crippen LogP contribution is -2.68. The molecule has 18 nitrogen and oxygen atoms in total. The molecule has 0 radical (unpaired) electrons. The highest BCUT2D eigenvalue weighted by molar-refractivity contribution is 8.01. The van der Waals surface area contributed by atoms with Crippen LogP contribution in [0.25, 0.3) is 10.4 Å². The summed E-state index contributed by atoms with van der Waals surface area (Å²) in [4.78, 5) is 61.9. The SMILES string of the molecule is COC(=O)[C@@]1(Sc2ccc(C)cc2)C[C@H](OC(C)=O)C(NS(=O)(=O)c2ccccc2[N+](=O)[O-])[C@H]([C@H](OC(C)=O)[C@@H](CN=[N+]=[N-])OC(C)=O)O1. The summed E-state index contributed by atoms with van der Waals surface area (Å²) in [5.74, 6) is -3.90. The van der Waals surface area contributed by atoms with Crippen LogP contribution in [-0.2, 0) is 52.9 Å². The maximum atomic E-state index is 13.9. The Hall–Kier alpha value is -4.75. The Labute approximate surface area is 284 Å². The van der Waals surface area contributed by atoms with E-state index < -0.39 is 97.8 Å². The number of aryl methyl sites for hydroxylation is 1. The summed E-state index contributed by atoms with van der Waals surface area (Å²) in [7, 11) is -3.86. The molecular weight excluding hydrogens is 690 g/mol. The van der Waals surface area contributed by atoms with Crippen LogP contribution in [0.5, 0.6) is 0 Å². The molecule has 0 aliphatic carbocycles. The highest BCUT2D eigenvalue weighted by atomic mass is 32.2. The van der Waals surface area contributed by atoms with Gasteiger partial charge in [0.05, 0.1) is 24.6 Å². The van der Waals surface area contributed by atoms with Crippen LogP contribution < -0.4 is 4.72 Å². The first kappa shape index (κ1) is 38.7. The third kappa shape index (κ3) is 9.89. The van der Waals surface area contributed by atoms with E-state index in [1.807, 2.05) is 6.92 Å². The van der Waals surface area contributed by atoms with Crippen LogP contribution in [0.15, 0.2) is 63.4 Å². The van der Waals surface area contributed by atoms with Gasteiger partial charge in [0.25, 0.3) is 5.69 Å². The number of azide groups is 1. The van der Waals surface area contributed by atoms with Crippen molar-refractivity contribution in [1.82, 2.24) is 4.72 Å². The van der Waals surface area contributed by atoms with Crippen LogP contribution in [0.2, 0.25) is 0 Å². The number of thioether (sulfide) groups is 1. The monoisotopic (exact) mass is 723 g/mol. The molecule has 1 N–H and O–H groups in total. The second kappa shape index (κ2) is 16.6. The van der Waals surface area contributed by atoms with E-state index in [9.17, 15) is 37.7 Å². The van der Waals surface area contributed by atoms with E-state index in [4.69, 9.17) is 29.2 Å². The normalized spacial score (nSPS) is 21.6. The Morgan fingerprint density at radius 3 is 2.29 bits per heavy atom. The average molecular weight is 724 g/mol. The maximum Gasteiger partial charge on any atom is 0.349 e. The molecular formula is C29H33N5O13S2. The molecule has 6 atom stereocenters. The number of rotatable bonds is 14. The van der Waals surface area contributed by atoms with Crippen molar-refractivity contribution in [3.05, 3.63) is 74.7 Å². The van der Waals surface area contributed by atoms with Gasteiger partial charge in [-0.1, -0.05) is 46.7 Å². The van der Waals surface area contributed by atoms with Gasteiger partial charge in [-0.3, -0.25) is 24.5 Å². The van der Waals surface area contributed by atoms with E-state index in [1.165, 1.54) is 12.1 Å². The number of esters is 4. The van der Waals surface area contributed by atoms with Gasteiger partial charge in [0.1, 0.15) is 18.3 Å². The van der Waals surface area contributed by atoms with Gasteiger partial charge in [0, 0.05) is 43.1 Å². The number of carbonyl (C=O) groups excluding carboxylic acids is 4. The number of hydrogen-bond donors (Lipinski definition) is 1. The summed E-state index contributed by atoms with van der Waals surface area (Å²) in [6.07, 6.45) is -7.60. The minimum absolute atomic E-state index is 0.449. The van der Waals surface area contributed by atoms with Gasteiger partial charge in [0.2, 0.25) is 15.0 Å². The van der Waals surface area contributed by atoms with Gasteiger partial charge >= 0.3 is 23.9 Å². The fourth-order valence-electron chi connectivity index (χ4n) is 5.04. The third-order valence-electron chi connectivity index (χ3n) is 6.95. The zero-order chi connectivity index (χ0) is 36.5. The molecule has 2 aromatic carbocycles. The van der Waals surface area contributed by atoms with Crippen LogP contribution in [0.4, 0.5) is 5.69 Å². The van der Waals surface area contributed by atoms with Gasteiger partial charge in [-0.2, -0.15) is 0 Å². The van der Waals surface area contributed by atoms with E-state index in [2.05, 4.69) is 14.7 Å². The number of methoxy groups -OCH3 is 1. The molecule has 0 amide bonds. The van der Waals surface area contributed by atoms with Gasteiger partial charge in [-0.25, -0.2) is 17.9 Å². The first-order valence-corrected chi connectivity index (χ1v) is 16.6. The quantitative estimate of drug-likeness (QED) is 0.0559. The third-order valence-corrected chi connectivity index (χ3v) is 9.72. The molecule has 20 heteroatoms. The minimum Gasteiger partial charge on any atom is -0.466 e. The van der Waals surface area contributed by atoms with Crippen molar-refractivity contribution >= 4 is 51.3 Å². The number of nitrogens with one attached hydrogen (secondary N) is 1. The highest BCUT2D eigenvalue weighted by Gasteiger charge is 2.59.